The fourth-order valence-electron chi connectivity index (χ4n) is 2.30. The predicted octanol–water partition coefficient (Wildman–Crippen LogP) is 2.03. The summed E-state index contributed by atoms with van der Waals surface area (Å²) in [6, 6.07) is 0. The molecule has 236 valence electrons. The highest BCUT2D eigenvalue weighted by Crippen LogP contribution is 2.01. The van der Waals surface area contributed by atoms with Gasteiger partial charge in [-0.25, -0.2) is 20.2 Å². The fraction of sp³-hybridized carbons (Fsp3) is 0.760. The van der Waals surface area contributed by atoms with Gasteiger partial charge in [-0.1, -0.05) is 49.0 Å². The van der Waals surface area contributed by atoms with Crippen LogP contribution < -0.4 is 17.2 Å². The van der Waals surface area contributed by atoms with E-state index in [-0.39, 0.29) is 49.6 Å². The number of hydrogen-bond acceptors (Lipinski definition) is 9. The molecule has 0 aliphatic rings. The summed E-state index contributed by atoms with van der Waals surface area (Å²) in [4.78, 5) is 40.7. The highest BCUT2D eigenvalue weighted by Gasteiger charge is 2.15. The highest BCUT2D eigenvalue weighted by atomic mass is 16.5. The predicted molar refractivity (Wildman–Crippen MR) is 157 cm³/mol. The molecule has 15 heteroatoms. The second-order valence-corrected chi connectivity index (χ2v) is 9.61. The quantitative estimate of drug-likeness (QED) is 0.0555. The Balaban J connectivity index is -0.000000241. The summed E-state index contributed by atoms with van der Waals surface area (Å²) in [5.74, 6) is -1.22. The molecule has 0 atom stereocenters. The van der Waals surface area contributed by atoms with Crippen molar-refractivity contribution < 1.29 is 30.0 Å². The lowest BCUT2D eigenvalue weighted by Gasteiger charge is -2.16. The Morgan fingerprint density at radius 2 is 1.10 bits per heavy atom. The first kappa shape index (κ1) is 43.7. The molecule has 15 nitrogen and oxygen atoms in total. The van der Waals surface area contributed by atoms with E-state index in [4.69, 9.17) is 27.8 Å². The van der Waals surface area contributed by atoms with Crippen molar-refractivity contribution in [1.82, 2.24) is 15.2 Å². The Labute approximate surface area is 239 Å². The first-order valence-electron chi connectivity index (χ1n) is 12.7. The van der Waals surface area contributed by atoms with Crippen molar-refractivity contribution in [2.75, 3.05) is 26.3 Å². The number of hydrogen-bond donors (Lipinski definition) is 7. The molecule has 0 spiro atoms. The largest absolute Gasteiger partial charge is 0.388 e. The van der Waals surface area contributed by atoms with Crippen molar-refractivity contribution in [3.63, 3.8) is 0 Å². The number of nitrogens with two attached hydrogens (primary N) is 3. The van der Waals surface area contributed by atoms with E-state index < -0.39 is 5.91 Å². The number of carbonyl (C=O) groups excluding carboxylic acids is 3. The molecule has 0 unspecified atom stereocenters. The molecule has 0 aromatic heterocycles. The molecule has 0 aliphatic carbocycles. The van der Waals surface area contributed by atoms with Gasteiger partial charge >= 0.3 is 0 Å². The normalized spacial score (nSPS) is 10.4. The lowest BCUT2D eigenvalue weighted by molar-refractivity contribution is -0.169. The zero-order chi connectivity index (χ0) is 31.3. The Bertz CT molecular complexity index is 794. The molecule has 40 heavy (non-hydrogen) atoms. The number of guanidine groups is 1. The van der Waals surface area contributed by atoms with Crippen LogP contribution in [0.15, 0.2) is 9.98 Å². The molecule has 10 N–H and O–H groups in total. The number of nitrogens with zero attached hydrogens (tertiary/aromatic N) is 5. The minimum Gasteiger partial charge on any atom is -0.388 e. The van der Waals surface area contributed by atoms with Crippen LogP contribution in [0.25, 0.3) is 0 Å². The van der Waals surface area contributed by atoms with Gasteiger partial charge in [0, 0.05) is 36.6 Å². The average molecular weight is 578 g/mol. The van der Waals surface area contributed by atoms with Crippen LogP contribution in [0.2, 0.25) is 0 Å². The van der Waals surface area contributed by atoms with Gasteiger partial charge in [-0.15, -0.1) is 0 Å². The monoisotopic (exact) mass is 577 g/mol. The first-order chi connectivity index (χ1) is 17.8. The molecule has 0 saturated carbocycles. The number of hydroxylamine groups is 6. The minimum absolute atomic E-state index is 0. The van der Waals surface area contributed by atoms with Crippen molar-refractivity contribution in [3.05, 3.63) is 0 Å². The van der Waals surface area contributed by atoms with Gasteiger partial charge in [0.2, 0.25) is 17.7 Å². The second kappa shape index (κ2) is 24.7. The summed E-state index contributed by atoms with van der Waals surface area (Å²) in [7, 11) is 0. The van der Waals surface area contributed by atoms with E-state index in [9.17, 15) is 24.8 Å². The Hall–Kier alpha value is -3.30. The second-order valence-electron chi connectivity index (χ2n) is 9.61. The summed E-state index contributed by atoms with van der Waals surface area (Å²) in [6.07, 6.45) is 1.89. The highest BCUT2D eigenvalue weighted by molar-refractivity contribution is 5.79. The zero-order valence-electron chi connectivity index (χ0n) is 24.7. The van der Waals surface area contributed by atoms with Gasteiger partial charge < -0.3 is 22.6 Å². The van der Waals surface area contributed by atoms with Gasteiger partial charge in [-0.2, -0.15) is 0 Å². The van der Waals surface area contributed by atoms with E-state index in [1.54, 1.807) is 55.4 Å². The topological polar surface area (TPSA) is 248 Å². The maximum atomic E-state index is 11.2. The van der Waals surface area contributed by atoms with Gasteiger partial charge in [0.25, 0.3) is 0 Å². The minimum atomic E-state index is -0.417. The smallest absolute Gasteiger partial charge is 0.250 e. The van der Waals surface area contributed by atoms with Crippen LogP contribution in [-0.4, -0.2) is 92.3 Å². The van der Waals surface area contributed by atoms with Gasteiger partial charge in [-0.05, 0) is 33.1 Å². The Morgan fingerprint density at radius 3 is 1.43 bits per heavy atom. The summed E-state index contributed by atoms with van der Waals surface area (Å²) in [5, 5.41) is 36.6. The fourth-order valence-corrected chi connectivity index (χ4v) is 2.30. The number of amidine groups is 1. The third-order valence-electron chi connectivity index (χ3n) is 4.44. The van der Waals surface area contributed by atoms with E-state index in [1.807, 2.05) is 0 Å². The number of carbonyl (C=O) groups is 3. The maximum Gasteiger partial charge on any atom is 0.250 e. The number of amides is 3. The SMILES string of the molecule is C.CC(=N)CCCN(O)C(=O)C(C)C.CC(C)C(=O)N(O)CN=C(N)N.CC(N)=NCCCN(O)C(=O)C(C)C. The lowest BCUT2D eigenvalue weighted by Crippen LogP contribution is -2.33. The van der Waals surface area contributed by atoms with Crippen LogP contribution in [0, 0.1) is 23.2 Å². The summed E-state index contributed by atoms with van der Waals surface area (Å²) in [5.41, 5.74) is 15.9. The van der Waals surface area contributed by atoms with Crippen LogP contribution in [-0.2, 0) is 14.4 Å². The lowest BCUT2D eigenvalue weighted by atomic mass is 10.2. The molecule has 0 aromatic carbocycles. The van der Waals surface area contributed by atoms with E-state index in [2.05, 4.69) is 9.98 Å². The first-order valence-corrected chi connectivity index (χ1v) is 12.7. The molecule has 0 heterocycles. The van der Waals surface area contributed by atoms with Crippen LogP contribution >= 0.6 is 0 Å². The maximum absolute atomic E-state index is 11.2. The van der Waals surface area contributed by atoms with Crippen molar-refractivity contribution >= 4 is 35.2 Å². The molecule has 0 saturated heterocycles. The summed E-state index contributed by atoms with van der Waals surface area (Å²) >= 11 is 0. The van der Waals surface area contributed by atoms with E-state index in [0.29, 0.717) is 55.5 Å². The molecule has 0 aliphatic heterocycles. The third kappa shape index (κ3) is 26.3. The molecule has 0 aromatic rings. The van der Waals surface area contributed by atoms with Crippen molar-refractivity contribution in [2.24, 2.45) is 44.9 Å². The van der Waals surface area contributed by atoms with Crippen molar-refractivity contribution in [1.29, 1.82) is 5.41 Å². The molecule has 0 rings (SSSR count). The molecule has 0 radical (unpaired) electrons. The average Bonchev–Trinajstić information content (AvgIpc) is 2.83. The van der Waals surface area contributed by atoms with Gasteiger partial charge in [0.1, 0.15) is 6.67 Å². The number of nitrogens with one attached hydrogen (secondary N) is 1. The zero-order valence-corrected chi connectivity index (χ0v) is 24.7. The number of rotatable bonds is 13. The molecule has 0 bridgehead atoms. The van der Waals surface area contributed by atoms with Crippen LogP contribution in [0.3, 0.4) is 0 Å². The molecular formula is C25H55N9O6. The van der Waals surface area contributed by atoms with E-state index in [1.165, 1.54) is 0 Å². The van der Waals surface area contributed by atoms with Gasteiger partial charge in [0.15, 0.2) is 5.96 Å². The molecule has 0 fully saturated rings. The van der Waals surface area contributed by atoms with Crippen molar-refractivity contribution in [3.8, 4) is 0 Å². The van der Waals surface area contributed by atoms with E-state index in [0.717, 1.165) is 10.1 Å². The van der Waals surface area contributed by atoms with Crippen LogP contribution in [0.4, 0.5) is 0 Å². The summed E-state index contributed by atoms with van der Waals surface area (Å²) in [6.45, 7) is 14.7. The standard InChI is InChI=1S/C9H19N3O2.C9H18N2O2.C6H14N4O2.CH4/c1-7(2)9(13)12(14)6-4-5-11-8(3)10;1-7(2)9(12)11(13)6-4-5-8(3)10;1-4(2)5(11)10(12)3-9-6(7)8;/h7,14H,4-6H2,1-3H3,(H2,10,11);7,10,13H,4-6H2,1-3H3;4,12H,3H2,1-2H3,(H4,7,8,9);1H4. The van der Waals surface area contributed by atoms with Crippen LogP contribution in [0.1, 0.15) is 82.1 Å². The van der Waals surface area contributed by atoms with E-state index >= 15 is 0 Å². The Kier molecular flexibility index (Phi) is 27.0. The third-order valence-corrected chi connectivity index (χ3v) is 4.44. The van der Waals surface area contributed by atoms with Gasteiger partial charge in [0.05, 0.1) is 12.4 Å². The van der Waals surface area contributed by atoms with Crippen LogP contribution in [0.5, 0.6) is 0 Å². The Morgan fingerprint density at radius 1 is 0.725 bits per heavy atom. The molecular weight excluding hydrogens is 522 g/mol. The number of aliphatic imine (C=N–C) groups is 2. The van der Waals surface area contributed by atoms with Gasteiger partial charge in [-0.3, -0.25) is 35.0 Å². The molecule has 3 amide bonds. The van der Waals surface area contributed by atoms with Crippen molar-refractivity contribution in [2.45, 2.75) is 82.1 Å². The summed E-state index contributed by atoms with van der Waals surface area (Å²) < 4.78 is 0.